The molecule has 0 spiro atoms. The van der Waals surface area contributed by atoms with E-state index in [0.717, 1.165) is 0 Å². The van der Waals surface area contributed by atoms with Crippen LogP contribution in [0.2, 0.25) is 0 Å². The number of aliphatic carboxylic acids is 1. The monoisotopic (exact) mass is 653 g/mol. The van der Waals surface area contributed by atoms with E-state index in [4.69, 9.17) is 31.7 Å². The number of amidine groups is 2. The molecule has 43 heavy (non-hydrogen) atoms. The van der Waals surface area contributed by atoms with Crippen LogP contribution >= 0.6 is 0 Å². The first-order valence-corrected chi connectivity index (χ1v) is 16.7. The number of carbonyl (C=O) groups is 3. The van der Waals surface area contributed by atoms with Crippen LogP contribution in [0.1, 0.15) is 52.4 Å². The number of nitriles is 1. The molecule has 0 fully saturated rings. The second-order valence-electron chi connectivity index (χ2n) is 10.5. The van der Waals surface area contributed by atoms with Crippen LogP contribution in [0.15, 0.2) is 4.99 Å². The molecular formula is C24H43N7O10S2. The summed E-state index contributed by atoms with van der Waals surface area (Å²) in [6.07, 6.45) is -0.456. The molecule has 246 valence electrons. The van der Waals surface area contributed by atoms with E-state index in [1.54, 1.807) is 13.8 Å². The summed E-state index contributed by atoms with van der Waals surface area (Å²) in [6, 6.07) is 2.04. The van der Waals surface area contributed by atoms with Crippen LogP contribution in [-0.2, 0) is 34.6 Å². The molecule has 0 saturated heterocycles. The lowest BCUT2D eigenvalue weighted by atomic mass is 9.78. The predicted molar refractivity (Wildman–Crippen MR) is 157 cm³/mol. The number of nitrogens with two attached hydrogens (primary N) is 3. The van der Waals surface area contributed by atoms with Gasteiger partial charge >= 0.3 is 5.97 Å². The molecule has 0 aliphatic carbocycles. The van der Waals surface area contributed by atoms with E-state index in [2.05, 4.69) is 10.3 Å². The Labute approximate surface area is 251 Å². The molecule has 0 rings (SSSR count). The average Bonchev–Trinajstić information content (AvgIpc) is 2.86. The normalized spacial score (nSPS) is 16.6. The molecule has 0 heterocycles. The SMILES string of the molecule is CCC(C#N)CC(CC(CC(CC(CC(C)C(=N)N)C(N)=NCCS(=O)(=O)O)C(=O)O)C(N)=O)C(=O)NCCS(=O)(=O)O. The maximum absolute atomic E-state index is 12.9. The zero-order chi connectivity index (χ0) is 33.5. The van der Waals surface area contributed by atoms with Crippen molar-refractivity contribution in [2.75, 3.05) is 24.6 Å². The van der Waals surface area contributed by atoms with Gasteiger partial charge in [-0.3, -0.25) is 33.9 Å². The van der Waals surface area contributed by atoms with Gasteiger partial charge in [-0.15, -0.1) is 0 Å². The number of primary amides is 1. The van der Waals surface area contributed by atoms with Crippen molar-refractivity contribution in [3.05, 3.63) is 0 Å². The molecule has 0 aromatic carbocycles. The van der Waals surface area contributed by atoms with Gasteiger partial charge in [0, 0.05) is 36.1 Å². The maximum Gasteiger partial charge on any atom is 0.306 e. The van der Waals surface area contributed by atoms with Crippen molar-refractivity contribution >= 4 is 49.7 Å². The highest BCUT2D eigenvalue weighted by Crippen LogP contribution is 2.30. The van der Waals surface area contributed by atoms with E-state index < -0.39 is 98.1 Å². The molecule has 17 nitrogen and oxygen atoms in total. The van der Waals surface area contributed by atoms with Crippen molar-refractivity contribution in [1.82, 2.24) is 5.32 Å². The Morgan fingerprint density at radius 2 is 1.44 bits per heavy atom. The van der Waals surface area contributed by atoms with Crippen molar-refractivity contribution in [3.63, 3.8) is 0 Å². The minimum atomic E-state index is -4.38. The quantitative estimate of drug-likeness (QED) is 0.0409. The van der Waals surface area contributed by atoms with Gasteiger partial charge in [0.05, 0.1) is 41.7 Å². The first-order chi connectivity index (χ1) is 19.7. The number of hydrogen-bond donors (Lipinski definition) is 8. The minimum absolute atomic E-state index is 0.0294. The number of rotatable bonds is 22. The molecule has 0 aromatic heterocycles. The van der Waals surface area contributed by atoms with Crippen LogP contribution in [0.4, 0.5) is 0 Å². The number of amides is 2. The topological polar surface area (TPSA) is 330 Å². The standard InChI is InChI=1S/C24H43N7O10S2/c1-3-15(13-25)9-18(23(33)31-5-7-43(39,40)41)11-17(22(29)32)12-19(24(34)35)10-16(8-14(2)20(26)27)21(28)30-4-6-42(36,37)38/h14-19H,3-12H2,1-2H3,(H3,26,27)(H2,28,30)(H2,29,32)(H,31,33)(H,34,35)(H,36,37,38)(H,39,40,41). The van der Waals surface area contributed by atoms with Crippen LogP contribution in [0.3, 0.4) is 0 Å². The molecule has 0 bridgehead atoms. The van der Waals surface area contributed by atoms with E-state index in [-0.39, 0.29) is 43.8 Å². The molecule has 0 radical (unpaired) electrons. The summed E-state index contributed by atoms with van der Waals surface area (Å²) in [5.74, 6) is -10.3. The molecule has 6 atom stereocenters. The van der Waals surface area contributed by atoms with Gasteiger partial charge in [-0.2, -0.15) is 22.1 Å². The van der Waals surface area contributed by atoms with Crippen molar-refractivity contribution < 1.29 is 45.4 Å². The number of nitrogens with zero attached hydrogens (tertiary/aromatic N) is 2. The van der Waals surface area contributed by atoms with Gasteiger partial charge in [-0.25, -0.2) is 0 Å². The zero-order valence-corrected chi connectivity index (χ0v) is 25.8. The number of carboxylic acids is 1. The van der Waals surface area contributed by atoms with Crippen molar-refractivity contribution in [1.29, 1.82) is 10.7 Å². The fourth-order valence-electron chi connectivity index (χ4n) is 4.38. The molecule has 0 aliphatic heterocycles. The lowest BCUT2D eigenvalue weighted by molar-refractivity contribution is -0.143. The maximum atomic E-state index is 12.9. The summed E-state index contributed by atoms with van der Waals surface area (Å²) < 4.78 is 62.0. The second-order valence-corrected chi connectivity index (χ2v) is 13.6. The van der Waals surface area contributed by atoms with E-state index in [1.807, 2.05) is 6.07 Å². The summed E-state index contributed by atoms with van der Waals surface area (Å²) >= 11 is 0. The largest absolute Gasteiger partial charge is 0.481 e. The third-order valence-corrected chi connectivity index (χ3v) is 8.38. The van der Waals surface area contributed by atoms with Crippen LogP contribution in [0.25, 0.3) is 0 Å². The first kappa shape index (κ1) is 39.7. The molecule has 2 amide bonds. The third kappa shape index (κ3) is 17.4. The fourth-order valence-corrected chi connectivity index (χ4v) is 5.06. The molecular weight excluding hydrogens is 610 g/mol. The van der Waals surface area contributed by atoms with E-state index >= 15 is 0 Å². The van der Waals surface area contributed by atoms with Crippen LogP contribution in [-0.4, -0.2) is 85.1 Å². The summed E-state index contributed by atoms with van der Waals surface area (Å²) in [5.41, 5.74) is 17.2. The molecule has 6 unspecified atom stereocenters. The lowest BCUT2D eigenvalue weighted by Crippen LogP contribution is -2.39. The Kier molecular flexibility index (Phi) is 16.9. The highest BCUT2D eigenvalue weighted by atomic mass is 32.2. The number of nitrogens with one attached hydrogen (secondary N) is 2. The molecule has 0 aliphatic rings. The van der Waals surface area contributed by atoms with Gasteiger partial charge in [-0.1, -0.05) is 13.8 Å². The van der Waals surface area contributed by atoms with Gasteiger partial charge in [0.15, 0.2) is 0 Å². The summed E-state index contributed by atoms with van der Waals surface area (Å²) in [5, 5.41) is 29.4. The van der Waals surface area contributed by atoms with Crippen LogP contribution in [0, 0.1) is 52.2 Å². The van der Waals surface area contributed by atoms with Gasteiger partial charge in [0.25, 0.3) is 20.2 Å². The first-order valence-electron chi connectivity index (χ1n) is 13.4. The van der Waals surface area contributed by atoms with Gasteiger partial charge < -0.3 is 27.6 Å². The summed E-state index contributed by atoms with van der Waals surface area (Å²) in [4.78, 5) is 41.6. The molecule has 0 aromatic rings. The van der Waals surface area contributed by atoms with Crippen molar-refractivity contribution in [2.24, 2.45) is 57.7 Å². The average molecular weight is 654 g/mol. The second kappa shape index (κ2) is 18.4. The Morgan fingerprint density at radius 1 is 0.907 bits per heavy atom. The van der Waals surface area contributed by atoms with E-state index in [9.17, 15) is 41.6 Å². The predicted octanol–water partition coefficient (Wildman–Crippen LogP) is -0.658. The highest BCUT2D eigenvalue weighted by Gasteiger charge is 2.34. The lowest BCUT2D eigenvalue weighted by Gasteiger charge is -2.27. The molecule has 0 saturated carbocycles. The molecule has 11 N–H and O–H groups in total. The Hall–Kier alpha value is -3.34. The Balaban J connectivity index is 6.14. The number of carboxylic acid groups (broad SMARTS) is 1. The fraction of sp³-hybridized carbons (Fsp3) is 0.750. The summed E-state index contributed by atoms with van der Waals surface area (Å²) in [7, 11) is -8.72. The Bertz CT molecular complexity index is 1270. The van der Waals surface area contributed by atoms with Crippen LogP contribution < -0.4 is 22.5 Å². The van der Waals surface area contributed by atoms with Gasteiger partial charge in [-0.05, 0) is 38.5 Å². The van der Waals surface area contributed by atoms with Gasteiger partial charge in [0.2, 0.25) is 11.8 Å². The molecule has 19 heteroatoms. The van der Waals surface area contributed by atoms with Gasteiger partial charge in [0.1, 0.15) is 0 Å². The van der Waals surface area contributed by atoms with Crippen LogP contribution in [0.5, 0.6) is 0 Å². The Morgan fingerprint density at radius 3 is 1.88 bits per heavy atom. The highest BCUT2D eigenvalue weighted by molar-refractivity contribution is 7.86. The third-order valence-electron chi connectivity index (χ3n) is 6.96. The number of carbonyl (C=O) groups excluding carboxylic acids is 2. The number of aliphatic imine (C=N–C) groups is 1. The smallest absolute Gasteiger partial charge is 0.306 e. The summed E-state index contributed by atoms with van der Waals surface area (Å²) in [6.45, 7) is 2.44. The van der Waals surface area contributed by atoms with E-state index in [0.29, 0.717) is 6.42 Å². The van der Waals surface area contributed by atoms with Crippen molar-refractivity contribution in [2.45, 2.75) is 52.4 Å². The van der Waals surface area contributed by atoms with Crippen molar-refractivity contribution in [3.8, 4) is 6.07 Å². The zero-order valence-electron chi connectivity index (χ0n) is 24.2. The van der Waals surface area contributed by atoms with E-state index in [1.165, 1.54) is 0 Å². The number of hydrogen-bond acceptors (Lipinski definition) is 10. The minimum Gasteiger partial charge on any atom is -0.481 e.